The maximum Gasteiger partial charge on any atom is 0.282 e. The molecule has 6 nitrogen and oxygen atoms in total. The second-order valence-electron chi connectivity index (χ2n) is 5.99. The van der Waals surface area contributed by atoms with Gasteiger partial charge in [-0.3, -0.25) is 9.59 Å². The summed E-state index contributed by atoms with van der Waals surface area (Å²) >= 11 is 0. The summed E-state index contributed by atoms with van der Waals surface area (Å²) in [5, 5.41) is 5.50. The lowest BCUT2D eigenvalue weighted by molar-refractivity contribution is -0.885. The van der Waals surface area contributed by atoms with Crippen LogP contribution in [0.25, 0.3) is 0 Å². The molecule has 0 saturated carbocycles. The highest BCUT2D eigenvalue weighted by Crippen LogP contribution is 2.22. The molecule has 0 aliphatic rings. The van der Waals surface area contributed by atoms with E-state index in [0.29, 0.717) is 17.1 Å². The van der Waals surface area contributed by atoms with Gasteiger partial charge in [-0.2, -0.15) is 0 Å². The van der Waals surface area contributed by atoms with Gasteiger partial charge in [-0.15, -0.1) is 0 Å². The van der Waals surface area contributed by atoms with E-state index in [-0.39, 0.29) is 24.2 Å². The van der Waals surface area contributed by atoms with Gasteiger partial charge in [0.25, 0.3) is 11.8 Å². The summed E-state index contributed by atoms with van der Waals surface area (Å²) < 4.78 is 18.1. The zero-order valence-electron chi connectivity index (χ0n) is 15.0. The summed E-state index contributed by atoms with van der Waals surface area (Å²) in [4.78, 5) is 25.3. The molecule has 0 bridgehead atoms. The molecule has 0 spiro atoms. The van der Waals surface area contributed by atoms with Crippen molar-refractivity contribution in [3.05, 3.63) is 54.3 Å². The average Bonchev–Trinajstić information content (AvgIpc) is 2.63. The highest BCUT2D eigenvalue weighted by atomic mass is 19.1. The summed E-state index contributed by atoms with van der Waals surface area (Å²) in [5.41, 5.74) is 1.09. The number of likely N-dealkylation sites (N-methyl/N-ethyl adjacent to an activating group) is 1. The first-order valence-corrected chi connectivity index (χ1v) is 8.22. The minimum absolute atomic E-state index is 0.0951. The lowest BCUT2D eigenvalue weighted by atomic mass is 10.2. The standard InChI is InChI=1S/C19H22FN3O3/c1-13(19(25)22-16-6-4-5-7-17(16)26-3)23(2)12-18(24)21-15-10-8-14(20)9-11-15/h4-11,13H,12H2,1-3H3,(H,21,24)(H,22,25)/p+1/t13-/m1/s1. The van der Waals surface area contributed by atoms with Crippen LogP contribution >= 0.6 is 0 Å². The molecule has 138 valence electrons. The zero-order valence-corrected chi connectivity index (χ0v) is 15.0. The molecule has 0 fully saturated rings. The molecule has 3 N–H and O–H groups in total. The average molecular weight is 360 g/mol. The normalized spacial score (nSPS) is 12.8. The first-order valence-electron chi connectivity index (χ1n) is 8.22. The second-order valence-corrected chi connectivity index (χ2v) is 5.99. The van der Waals surface area contributed by atoms with Gasteiger partial charge in [0.2, 0.25) is 0 Å². The molecule has 26 heavy (non-hydrogen) atoms. The third kappa shape index (κ3) is 5.29. The molecular weight excluding hydrogens is 337 g/mol. The van der Waals surface area contributed by atoms with Crippen molar-refractivity contribution < 1.29 is 23.6 Å². The van der Waals surface area contributed by atoms with Gasteiger partial charge in [0.05, 0.1) is 19.8 Å². The fraction of sp³-hybridized carbons (Fsp3) is 0.263. The third-order valence-corrected chi connectivity index (χ3v) is 4.06. The van der Waals surface area contributed by atoms with Crippen molar-refractivity contribution in [1.82, 2.24) is 0 Å². The summed E-state index contributed by atoms with van der Waals surface area (Å²) in [7, 11) is 3.29. The number of nitrogens with one attached hydrogen (secondary N) is 3. The van der Waals surface area contributed by atoms with E-state index in [0.717, 1.165) is 4.90 Å². The molecule has 0 aliphatic heterocycles. The number of hydrogen-bond donors (Lipinski definition) is 3. The summed E-state index contributed by atoms with van der Waals surface area (Å²) in [5.74, 6) is -0.278. The molecule has 2 aromatic rings. The maximum atomic E-state index is 12.9. The van der Waals surface area contributed by atoms with Crippen LogP contribution in [0.15, 0.2) is 48.5 Å². The predicted molar refractivity (Wildman–Crippen MR) is 97.9 cm³/mol. The molecule has 2 aromatic carbocycles. The number of methoxy groups -OCH3 is 1. The van der Waals surface area contributed by atoms with Crippen molar-refractivity contribution >= 4 is 23.2 Å². The highest BCUT2D eigenvalue weighted by molar-refractivity contribution is 5.95. The third-order valence-electron chi connectivity index (χ3n) is 4.06. The van der Waals surface area contributed by atoms with Gasteiger partial charge in [0, 0.05) is 5.69 Å². The van der Waals surface area contributed by atoms with Crippen LogP contribution < -0.4 is 20.3 Å². The van der Waals surface area contributed by atoms with Crippen LogP contribution in [-0.4, -0.2) is 38.6 Å². The molecule has 0 aliphatic carbocycles. The number of quaternary nitrogens is 1. The van der Waals surface area contributed by atoms with Crippen LogP contribution in [0.1, 0.15) is 6.92 Å². The Morgan fingerprint density at radius 1 is 1.12 bits per heavy atom. The van der Waals surface area contributed by atoms with Crippen molar-refractivity contribution in [1.29, 1.82) is 0 Å². The van der Waals surface area contributed by atoms with Gasteiger partial charge in [-0.05, 0) is 43.3 Å². The van der Waals surface area contributed by atoms with Gasteiger partial charge in [-0.1, -0.05) is 12.1 Å². The van der Waals surface area contributed by atoms with E-state index < -0.39 is 6.04 Å². The van der Waals surface area contributed by atoms with Crippen molar-refractivity contribution in [3.8, 4) is 5.75 Å². The van der Waals surface area contributed by atoms with E-state index >= 15 is 0 Å². The molecule has 1 unspecified atom stereocenters. The number of carbonyl (C=O) groups excluding carboxylic acids is 2. The van der Waals surface area contributed by atoms with Gasteiger partial charge in [-0.25, -0.2) is 4.39 Å². The van der Waals surface area contributed by atoms with E-state index in [2.05, 4.69) is 10.6 Å². The Kier molecular flexibility index (Phi) is 6.68. The van der Waals surface area contributed by atoms with Crippen LogP contribution in [0.4, 0.5) is 15.8 Å². The molecule has 0 aromatic heterocycles. The Morgan fingerprint density at radius 3 is 2.42 bits per heavy atom. The first kappa shape index (κ1) is 19.4. The molecule has 7 heteroatoms. The van der Waals surface area contributed by atoms with Gasteiger partial charge in [0.1, 0.15) is 11.6 Å². The Bertz CT molecular complexity index is 765. The summed E-state index contributed by atoms with van der Waals surface area (Å²) in [6, 6.07) is 12.2. The van der Waals surface area contributed by atoms with Crippen molar-refractivity contribution in [2.24, 2.45) is 0 Å². The molecule has 2 amide bonds. The Morgan fingerprint density at radius 2 is 1.77 bits per heavy atom. The number of para-hydroxylation sites is 2. The molecule has 0 heterocycles. The van der Waals surface area contributed by atoms with E-state index in [1.807, 2.05) is 6.07 Å². The Balaban J connectivity index is 1.91. The fourth-order valence-corrected chi connectivity index (χ4v) is 2.36. The maximum absolute atomic E-state index is 12.9. The Labute approximate surface area is 152 Å². The smallest absolute Gasteiger partial charge is 0.282 e. The predicted octanol–water partition coefficient (Wildman–Crippen LogP) is 1.31. The molecule has 2 rings (SSSR count). The molecule has 0 saturated heterocycles. The van der Waals surface area contributed by atoms with Crippen LogP contribution in [0.2, 0.25) is 0 Å². The number of rotatable bonds is 7. The van der Waals surface area contributed by atoms with E-state index in [4.69, 9.17) is 4.74 Å². The number of hydrogen-bond acceptors (Lipinski definition) is 3. The van der Waals surface area contributed by atoms with Crippen molar-refractivity contribution in [2.45, 2.75) is 13.0 Å². The fourth-order valence-electron chi connectivity index (χ4n) is 2.36. The van der Waals surface area contributed by atoms with Gasteiger partial charge >= 0.3 is 0 Å². The summed E-state index contributed by atoms with van der Waals surface area (Å²) in [6.07, 6.45) is 0. The minimum atomic E-state index is -0.459. The van der Waals surface area contributed by atoms with Crippen LogP contribution in [-0.2, 0) is 9.59 Å². The molecule has 0 radical (unpaired) electrons. The topological polar surface area (TPSA) is 71.9 Å². The van der Waals surface area contributed by atoms with Crippen molar-refractivity contribution in [2.75, 3.05) is 31.3 Å². The van der Waals surface area contributed by atoms with Crippen LogP contribution in [0.3, 0.4) is 0 Å². The van der Waals surface area contributed by atoms with Crippen LogP contribution in [0, 0.1) is 5.82 Å². The van der Waals surface area contributed by atoms with Gasteiger partial charge in [0.15, 0.2) is 12.6 Å². The van der Waals surface area contributed by atoms with E-state index in [1.54, 1.807) is 32.2 Å². The van der Waals surface area contributed by atoms with Gasteiger partial charge < -0.3 is 20.3 Å². The monoisotopic (exact) mass is 360 g/mol. The number of amides is 2. The lowest BCUT2D eigenvalue weighted by Gasteiger charge is -2.21. The first-order chi connectivity index (χ1) is 12.4. The van der Waals surface area contributed by atoms with E-state index in [9.17, 15) is 14.0 Å². The number of anilines is 2. The van der Waals surface area contributed by atoms with E-state index in [1.165, 1.54) is 31.4 Å². The minimum Gasteiger partial charge on any atom is -0.495 e. The largest absolute Gasteiger partial charge is 0.495 e. The number of carbonyl (C=O) groups is 2. The van der Waals surface area contributed by atoms with Crippen molar-refractivity contribution in [3.63, 3.8) is 0 Å². The highest BCUT2D eigenvalue weighted by Gasteiger charge is 2.24. The number of benzene rings is 2. The quantitative estimate of drug-likeness (QED) is 0.697. The lowest BCUT2D eigenvalue weighted by Crippen LogP contribution is -3.14. The van der Waals surface area contributed by atoms with Crippen LogP contribution in [0.5, 0.6) is 5.75 Å². The molecule has 2 atom stereocenters. The SMILES string of the molecule is COc1ccccc1NC(=O)[C@@H](C)[NH+](C)CC(=O)Nc1ccc(F)cc1. The zero-order chi connectivity index (χ0) is 19.1. The second kappa shape index (κ2) is 8.96. The summed E-state index contributed by atoms with van der Waals surface area (Å²) in [6.45, 7) is 1.84. The number of ether oxygens (including phenoxy) is 1. The number of halogens is 1. The Hall–Kier alpha value is -2.93. The molecular formula is C19H23FN3O3+.